The van der Waals surface area contributed by atoms with E-state index in [2.05, 4.69) is 5.32 Å². The van der Waals surface area contributed by atoms with Crippen molar-refractivity contribution in [2.24, 2.45) is 0 Å². The Kier molecular flexibility index (Phi) is 5.27. The first-order valence-electron chi connectivity index (χ1n) is 6.88. The molecule has 22 heavy (non-hydrogen) atoms. The number of rotatable bonds is 6. The van der Waals surface area contributed by atoms with Gasteiger partial charge in [-0.3, -0.25) is 4.79 Å². The van der Waals surface area contributed by atoms with Crippen LogP contribution >= 0.6 is 0 Å². The molecule has 2 rings (SSSR count). The minimum atomic E-state index is -1.58. The van der Waals surface area contributed by atoms with Gasteiger partial charge in [-0.15, -0.1) is 0 Å². The zero-order valence-electron chi connectivity index (χ0n) is 11.8. The van der Waals surface area contributed by atoms with E-state index in [1.165, 1.54) is 0 Å². The van der Waals surface area contributed by atoms with Crippen LogP contribution in [-0.2, 0) is 4.79 Å². The summed E-state index contributed by atoms with van der Waals surface area (Å²) in [5, 5.41) is 21.6. The minimum Gasteiger partial charge on any atom is -0.479 e. The summed E-state index contributed by atoms with van der Waals surface area (Å²) < 4.78 is 0. The standard InChI is InChI=1S/C17H17NO4/c19-15(17(21)22)14(12-7-3-1-4-8-12)11-18-16(20)13-9-5-2-6-10-13/h1-10,14-15,19H,11H2,(H,18,20)(H,21,22)/t14-,15+/m0/s1. The molecule has 5 heteroatoms. The Labute approximate surface area is 128 Å². The number of carboxylic acid groups (broad SMARTS) is 1. The number of aliphatic hydroxyl groups is 1. The maximum Gasteiger partial charge on any atom is 0.333 e. The van der Waals surface area contributed by atoms with Crippen molar-refractivity contribution in [2.45, 2.75) is 12.0 Å². The second-order valence-electron chi connectivity index (χ2n) is 4.88. The molecule has 0 heterocycles. The van der Waals surface area contributed by atoms with Gasteiger partial charge in [0, 0.05) is 18.0 Å². The zero-order chi connectivity index (χ0) is 15.9. The number of hydrogen-bond donors (Lipinski definition) is 3. The first-order chi connectivity index (χ1) is 10.6. The molecule has 2 aromatic carbocycles. The molecule has 0 unspecified atom stereocenters. The van der Waals surface area contributed by atoms with E-state index in [1.807, 2.05) is 0 Å². The minimum absolute atomic E-state index is 0.0329. The molecule has 2 aromatic rings. The Morgan fingerprint density at radius 1 is 0.955 bits per heavy atom. The van der Waals surface area contributed by atoms with Gasteiger partial charge < -0.3 is 15.5 Å². The second-order valence-corrected chi connectivity index (χ2v) is 4.88. The molecule has 0 aliphatic heterocycles. The molecule has 114 valence electrons. The van der Waals surface area contributed by atoms with Crippen molar-refractivity contribution in [1.82, 2.24) is 5.32 Å². The molecule has 0 spiro atoms. The third-order valence-corrected chi connectivity index (χ3v) is 3.38. The first kappa shape index (κ1) is 15.7. The molecule has 0 aliphatic carbocycles. The van der Waals surface area contributed by atoms with Gasteiger partial charge >= 0.3 is 5.97 Å². The van der Waals surface area contributed by atoms with Gasteiger partial charge in [-0.1, -0.05) is 48.5 Å². The molecule has 5 nitrogen and oxygen atoms in total. The van der Waals surface area contributed by atoms with Crippen LogP contribution in [-0.4, -0.2) is 34.7 Å². The maximum atomic E-state index is 12.0. The molecular formula is C17H17NO4. The van der Waals surface area contributed by atoms with Gasteiger partial charge in [0.15, 0.2) is 6.10 Å². The van der Waals surface area contributed by atoms with Gasteiger partial charge in [-0.2, -0.15) is 0 Å². The largest absolute Gasteiger partial charge is 0.479 e. The molecule has 2 atom stereocenters. The molecular weight excluding hydrogens is 282 g/mol. The smallest absolute Gasteiger partial charge is 0.333 e. The predicted octanol–water partition coefficient (Wildman–Crippen LogP) is 1.65. The average Bonchev–Trinajstić information content (AvgIpc) is 2.56. The maximum absolute atomic E-state index is 12.0. The Balaban J connectivity index is 2.11. The van der Waals surface area contributed by atoms with Crippen molar-refractivity contribution in [3.05, 3.63) is 71.8 Å². The van der Waals surface area contributed by atoms with Gasteiger partial charge in [0.25, 0.3) is 5.91 Å². The Morgan fingerprint density at radius 2 is 1.50 bits per heavy atom. The van der Waals surface area contributed by atoms with E-state index >= 15 is 0 Å². The van der Waals surface area contributed by atoms with E-state index in [1.54, 1.807) is 60.7 Å². The fourth-order valence-electron chi connectivity index (χ4n) is 2.18. The molecule has 0 radical (unpaired) electrons. The molecule has 1 amide bonds. The number of aliphatic carboxylic acids is 1. The number of carboxylic acids is 1. The van der Waals surface area contributed by atoms with Crippen molar-refractivity contribution in [3.63, 3.8) is 0 Å². The number of amides is 1. The zero-order valence-corrected chi connectivity index (χ0v) is 11.8. The summed E-state index contributed by atoms with van der Waals surface area (Å²) in [6.45, 7) is 0.0329. The third kappa shape index (κ3) is 3.93. The average molecular weight is 299 g/mol. The summed E-state index contributed by atoms with van der Waals surface area (Å²) in [7, 11) is 0. The van der Waals surface area contributed by atoms with Gasteiger partial charge in [0.1, 0.15) is 0 Å². The Hall–Kier alpha value is -2.66. The summed E-state index contributed by atoms with van der Waals surface area (Å²) in [6.07, 6.45) is -1.58. The number of hydrogen-bond acceptors (Lipinski definition) is 3. The lowest BCUT2D eigenvalue weighted by Gasteiger charge is -2.21. The van der Waals surface area contributed by atoms with Crippen LogP contribution in [0.2, 0.25) is 0 Å². The molecule has 0 aliphatic rings. The lowest BCUT2D eigenvalue weighted by atomic mass is 9.93. The number of carbonyl (C=O) groups excluding carboxylic acids is 1. The predicted molar refractivity (Wildman–Crippen MR) is 81.6 cm³/mol. The van der Waals surface area contributed by atoms with Crippen LogP contribution in [0, 0.1) is 0 Å². The highest BCUT2D eigenvalue weighted by Gasteiger charge is 2.27. The van der Waals surface area contributed by atoms with Crippen LogP contribution in [0.4, 0.5) is 0 Å². The summed E-state index contributed by atoms with van der Waals surface area (Å²) >= 11 is 0. The van der Waals surface area contributed by atoms with Gasteiger partial charge in [0.2, 0.25) is 0 Å². The van der Waals surface area contributed by atoms with Gasteiger partial charge in [0.05, 0.1) is 0 Å². The van der Waals surface area contributed by atoms with E-state index in [4.69, 9.17) is 5.11 Å². The molecule has 0 fully saturated rings. The summed E-state index contributed by atoms with van der Waals surface area (Å²) in [5.74, 6) is -2.34. The molecule has 0 bridgehead atoms. The van der Waals surface area contributed by atoms with Crippen molar-refractivity contribution in [2.75, 3.05) is 6.54 Å². The lowest BCUT2D eigenvalue weighted by Crippen LogP contribution is -2.37. The molecule has 0 saturated heterocycles. The number of nitrogens with one attached hydrogen (secondary N) is 1. The van der Waals surface area contributed by atoms with Crippen LogP contribution in [0.1, 0.15) is 21.8 Å². The monoisotopic (exact) mass is 299 g/mol. The topological polar surface area (TPSA) is 86.6 Å². The van der Waals surface area contributed by atoms with E-state index in [9.17, 15) is 14.7 Å². The van der Waals surface area contributed by atoms with E-state index in [0.29, 0.717) is 11.1 Å². The van der Waals surface area contributed by atoms with Gasteiger partial charge in [-0.05, 0) is 17.7 Å². The molecule has 0 saturated carbocycles. The van der Waals surface area contributed by atoms with Gasteiger partial charge in [-0.25, -0.2) is 4.79 Å². The van der Waals surface area contributed by atoms with Crippen LogP contribution < -0.4 is 5.32 Å². The number of benzene rings is 2. The van der Waals surface area contributed by atoms with E-state index in [0.717, 1.165) is 0 Å². The number of aliphatic hydroxyl groups excluding tert-OH is 1. The lowest BCUT2D eigenvalue weighted by molar-refractivity contribution is -0.147. The van der Waals surface area contributed by atoms with Crippen molar-refractivity contribution >= 4 is 11.9 Å². The highest BCUT2D eigenvalue weighted by molar-refractivity contribution is 5.94. The summed E-state index contributed by atoms with van der Waals surface area (Å²) in [5.41, 5.74) is 1.14. The Bertz CT molecular complexity index is 628. The van der Waals surface area contributed by atoms with Crippen LogP contribution in [0.25, 0.3) is 0 Å². The summed E-state index contributed by atoms with van der Waals surface area (Å²) in [4.78, 5) is 23.1. The Morgan fingerprint density at radius 3 is 2.05 bits per heavy atom. The highest BCUT2D eigenvalue weighted by atomic mass is 16.4. The van der Waals surface area contributed by atoms with Crippen LogP contribution in [0.5, 0.6) is 0 Å². The molecule has 3 N–H and O–H groups in total. The van der Waals surface area contributed by atoms with Crippen molar-refractivity contribution in [3.8, 4) is 0 Å². The number of carbonyl (C=O) groups is 2. The SMILES string of the molecule is O=C(NC[C@@H](c1ccccc1)[C@@H](O)C(=O)O)c1ccccc1. The fraction of sp³-hybridized carbons (Fsp3) is 0.176. The quantitative estimate of drug-likeness (QED) is 0.757. The third-order valence-electron chi connectivity index (χ3n) is 3.38. The van der Waals surface area contributed by atoms with Crippen molar-refractivity contribution < 1.29 is 19.8 Å². The van der Waals surface area contributed by atoms with Crippen molar-refractivity contribution in [1.29, 1.82) is 0 Å². The second kappa shape index (κ2) is 7.38. The fourth-order valence-corrected chi connectivity index (χ4v) is 2.18. The van der Waals surface area contributed by atoms with Crippen LogP contribution in [0.15, 0.2) is 60.7 Å². The van der Waals surface area contributed by atoms with Crippen LogP contribution in [0.3, 0.4) is 0 Å². The highest BCUT2D eigenvalue weighted by Crippen LogP contribution is 2.19. The van der Waals surface area contributed by atoms with E-state index < -0.39 is 18.0 Å². The normalized spacial score (nSPS) is 13.1. The molecule has 0 aromatic heterocycles. The van der Waals surface area contributed by atoms with E-state index in [-0.39, 0.29) is 12.5 Å². The summed E-state index contributed by atoms with van der Waals surface area (Å²) in [6, 6.07) is 17.4. The first-order valence-corrected chi connectivity index (χ1v) is 6.88.